The van der Waals surface area contributed by atoms with Gasteiger partial charge in [-0.1, -0.05) is 0 Å². The highest BCUT2D eigenvalue weighted by atomic mass is 16.5. The Balaban J connectivity index is 2.62. The van der Waals surface area contributed by atoms with E-state index in [4.69, 9.17) is 15.2 Å². The molecule has 0 heterocycles. The molecule has 0 radical (unpaired) electrons. The second kappa shape index (κ2) is 7.55. The first-order valence-corrected chi connectivity index (χ1v) is 5.93. The highest BCUT2D eigenvalue weighted by molar-refractivity contribution is 5.94. The Bertz CT molecular complexity index is 394. The lowest BCUT2D eigenvalue weighted by Gasteiger charge is -2.09. The van der Waals surface area contributed by atoms with Crippen molar-refractivity contribution in [1.29, 1.82) is 0 Å². The number of nitrogens with one attached hydrogen (secondary N) is 1. The number of benzene rings is 1. The van der Waals surface area contributed by atoms with Gasteiger partial charge in [-0.3, -0.25) is 4.79 Å². The highest BCUT2D eigenvalue weighted by Gasteiger charge is 2.09. The third kappa shape index (κ3) is 3.92. The van der Waals surface area contributed by atoms with Gasteiger partial charge in [0.05, 0.1) is 14.2 Å². The maximum Gasteiger partial charge on any atom is 0.251 e. The number of unbranched alkanes of at least 4 members (excludes halogenated alkanes) is 1. The van der Waals surface area contributed by atoms with Crippen molar-refractivity contribution in [1.82, 2.24) is 5.32 Å². The number of nitrogens with two attached hydrogens (primary N) is 1. The molecule has 0 saturated heterocycles. The van der Waals surface area contributed by atoms with Crippen molar-refractivity contribution < 1.29 is 14.3 Å². The van der Waals surface area contributed by atoms with E-state index in [1.54, 1.807) is 32.4 Å². The molecule has 0 aliphatic rings. The number of rotatable bonds is 7. The maximum absolute atomic E-state index is 11.8. The van der Waals surface area contributed by atoms with Gasteiger partial charge >= 0.3 is 0 Å². The Morgan fingerprint density at radius 3 is 2.56 bits per heavy atom. The third-order valence-corrected chi connectivity index (χ3v) is 2.56. The molecule has 0 aliphatic heterocycles. The summed E-state index contributed by atoms with van der Waals surface area (Å²) in [6.45, 7) is 1.27. The molecule has 0 bridgehead atoms. The van der Waals surface area contributed by atoms with Crippen molar-refractivity contribution in [2.24, 2.45) is 5.73 Å². The van der Waals surface area contributed by atoms with E-state index < -0.39 is 0 Å². The molecular weight excluding hydrogens is 232 g/mol. The minimum absolute atomic E-state index is 0.118. The Morgan fingerprint density at radius 2 is 1.94 bits per heavy atom. The normalized spacial score (nSPS) is 9.94. The summed E-state index contributed by atoms with van der Waals surface area (Å²) in [5.74, 6) is 1.04. The Kier molecular flexibility index (Phi) is 6.00. The van der Waals surface area contributed by atoms with Gasteiger partial charge in [0.25, 0.3) is 5.91 Å². The predicted molar refractivity (Wildman–Crippen MR) is 70.2 cm³/mol. The van der Waals surface area contributed by atoms with Crippen molar-refractivity contribution in [3.8, 4) is 11.5 Å². The van der Waals surface area contributed by atoms with E-state index in [9.17, 15) is 4.79 Å². The van der Waals surface area contributed by atoms with Gasteiger partial charge in [-0.15, -0.1) is 0 Å². The summed E-state index contributed by atoms with van der Waals surface area (Å²) in [4.78, 5) is 11.8. The van der Waals surface area contributed by atoms with Crippen LogP contribution in [0.2, 0.25) is 0 Å². The van der Waals surface area contributed by atoms with Crippen LogP contribution in [0.25, 0.3) is 0 Å². The third-order valence-electron chi connectivity index (χ3n) is 2.56. The SMILES string of the molecule is COc1ccc(C(=O)NCCCCN)cc1OC. The molecule has 1 rings (SSSR count). The molecule has 0 unspecified atom stereocenters. The van der Waals surface area contributed by atoms with Gasteiger partial charge in [0.2, 0.25) is 0 Å². The average Bonchev–Trinajstić information content (AvgIpc) is 2.42. The molecule has 0 saturated carbocycles. The van der Waals surface area contributed by atoms with Crippen LogP contribution in [0.5, 0.6) is 11.5 Å². The van der Waals surface area contributed by atoms with Crippen LogP contribution >= 0.6 is 0 Å². The minimum Gasteiger partial charge on any atom is -0.493 e. The summed E-state index contributed by atoms with van der Waals surface area (Å²) in [6.07, 6.45) is 1.79. The lowest BCUT2D eigenvalue weighted by atomic mass is 10.2. The van der Waals surface area contributed by atoms with Gasteiger partial charge in [0.1, 0.15) is 0 Å². The Morgan fingerprint density at radius 1 is 1.22 bits per heavy atom. The molecule has 1 aromatic rings. The van der Waals surface area contributed by atoms with Crippen LogP contribution in [0.4, 0.5) is 0 Å². The van der Waals surface area contributed by atoms with Crippen molar-refractivity contribution in [2.75, 3.05) is 27.3 Å². The second-order valence-corrected chi connectivity index (χ2v) is 3.82. The van der Waals surface area contributed by atoms with Crippen LogP contribution in [0, 0.1) is 0 Å². The standard InChI is InChI=1S/C13H20N2O3/c1-17-11-6-5-10(9-12(11)18-2)13(16)15-8-4-3-7-14/h5-6,9H,3-4,7-8,14H2,1-2H3,(H,15,16). The van der Waals surface area contributed by atoms with E-state index in [1.807, 2.05) is 0 Å². The zero-order valence-corrected chi connectivity index (χ0v) is 10.9. The molecule has 3 N–H and O–H groups in total. The lowest BCUT2D eigenvalue weighted by molar-refractivity contribution is 0.0952. The number of carbonyl (C=O) groups excluding carboxylic acids is 1. The monoisotopic (exact) mass is 252 g/mol. The second-order valence-electron chi connectivity index (χ2n) is 3.82. The van der Waals surface area contributed by atoms with E-state index in [2.05, 4.69) is 5.32 Å². The first-order chi connectivity index (χ1) is 8.72. The largest absolute Gasteiger partial charge is 0.493 e. The summed E-state index contributed by atoms with van der Waals surface area (Å²) in [7, 11) is 3.10. The molecular formula is C13H20N2O3. The van der Waals surface area contributed by atoms with Gasteiger partial charge in [0.15, 0.2) is 11.5 Å². The molecule has 18 heavy (non-hydrogen) atoms. The van der Waals surface area contributed by atoms with Crippen molar-refractivity contribution >= 4 is 5.91 Å². The first-order valence-electron chi connectivity index (χ1n) is 5.93. The fraction of sp³-hybridized carbons (Fsp3) is 0.462. The number of hydrogen-bond donors (Lipinski definition) is 2. The van der Waals surface area contributed by atoms with Gasteiger partial charge < -0.3 is 20.5 Å². The number of amides is 1. The molecule has 1 amide bonds. The molecule has 0 fully saturated rings. The summed E-state index contributed by atoms with van der Waals surface area (Å²) in [5, 5.41) is 2.83. The van der Waals surface area contributed by atoms with Gasteiger partial charge in [-0.25, -0.2) is 0 Å². The number of hydrogen-bond acceptors (Lipinski definition) is 4. The topological polar surface area (TPSA) is 73.6 Å². The molecule has 5 nitrogen and oxygen atoms in total. The van der Waals surface area contributed by atoms with E-state index >= 15 is 0 Å². The van der Waals surface area contributed by atoms with Gasteiger partial charge in [-0.05, 0) is 37.6 Å². The molecule has 0 atom stereocenters. The summed E-state index contributed by atoms with van der Waals surface area (Å²) >= 11 is 0. The predicted octanol–water partition coefficient (Wildman–Crippen LogP) is 1.17. The Hall–Kier alpha value is -1.75. The lowest BCUT2D eigenvalue weighted by Crippen LogP contribution is -2.24. The minimum atomic E-state index is -0.118. The van der Waals surface area contributed by atoms with Crippen molar-refractivity contribution in [3.05, 3.63) is 23.8 Å². The zero-order valence-electron chi connectivity index (χ0n) is 10.9. The van der Waals surface area contributed by atoms with Crippen LogP contribution in [0.3, 0.4) is 0 Å². The summed E-state index contributed by atoms with van der Waals surface area (Å²) in [6, 6.07) is 5.09. The zero-order chi connectivity index (χ0) is 13.4. The summed E-state index contributed by atoms with van der Waals surface area (Å²) < 4.78 is 10.3. The van der Waals surface area contributed by atoms with Gasteiger partial charge in [-0.2, -0.15) is 0 Å². The van der Waals surface area contributed by atoms with Crippen molar-refractivity contribution in [3.63, 3.8) is 0 Å². The first kappa shape index (κ1) is 14.3. The van der Waals surface area contributed by atoms with E-state index in [0.29, 0.717) is 30.2 Å². The summed E-state index contributed by atoms with van der Waals surface area (Å²) in [5.41, 5.74) is 5.94. The van der Waals surface area contributed by atoms with Gasteiger partial charge in [0, 0.05) is 12.1 Å². The fourth-order valence-electron chi connectivity index (χ4n) is 1.55. The Labute approximate surface area is 107 Å². The molecule has 0 aromatic heterocycles. The molecule has 5 heteroatoms. The van der Waals surface area contributed by atoms with Crippen LogP contribution in [-0.4, -0.2) is 33.2 Å². The smallest absolute Gasteiger partial charge is 0.251 e. The van der Waals surface area contributed by atoms with E-state index in [1.165, 1.54) is 0 Å². The number of ether oxygens (including phenoxy) is 2. The van der Waals surface area contributed by atoms with Crippen LogP contribution in [-0.2, 0) is 0 Å². The fourth-order valence-corrected chi connectivity index (χ4v) is 1.55. The highest BCUT2D eigenvalue weighted by Crippen LogP contribution is 2.27. The number of methoxy groups -OCH3 is 2. The van der Waals surface area contributed by atoms with Crippen LogP contribution < -0.4 is 20.5 Å². The van der Waals surface area contributed by atoms with Crippen LogP contribution in [0.1, 0.15) is 23.2 Å². The average molecular weight is 252 g/mol. The maximum atomic E-state index is 11.8. The van der Waals surface area contributed by atoms with E-state index in [0.717, 1.165) is 12.8 Å². The molecule has 1 aromatic carbocycles. The quantitative estimate of drug-likeness (QED) is 0.714. The number of carbonyl (C=O) groups is 1. The van der Waals surface area contributed by atoms with Crippen molar-refractivity contribution in [2.45, 2.75) is 12.8 Å². The molecule has 0 spiro atoms. The molecule has 100 valence electrons. The van der Waals surface area contributed by atoms with E-state index in [-0.39, 0.29) is 5.91 Å². The molecule has 0 aliphatic carbocycles. The van der Waals surface area contributed by atoms with Crippen LogP contribution in [0.15, 0.2) is 18.2 Å².